The molecule has 1 aliphatic rings. The molecule has 2 unspecified atom stereocenters. The second-order valence-corrected chi connectivity index (χ2v) is 4.18. The van der Waals surface area contributed by atoms with E-state index in [1.54, 1.807) is 0 Å². The molecule has 0 radical (unpaired) electrons. The second kappa shape index (κ2) is 6.48. The van der Waals surface area contributed by atoms with Crippen LogP contribution in [0.2, 0.25) is 0 Å². The largest absolute Gasteiger partial charge is 0.481 e. The Morgan fingerprint density at radius 2 is 2.19 bits per heavy atom. The summed E-state index contributed by atoms with van der Waals surface area (Å²) in [5, 5.41) is 12.1. The fraction of sp³-hybridized carbons (Fsp3) is 0.818. The van der Waals surface area contributed by atoms with Crippen molar-refractivity contribution >= 4 is 11.9 Å². The Bertz CT molecular complexity index is 254. The van der Waals surface area contributed by atoms with Crippen molar-refractivity contribution in [2.24, 2.45) is 5.92 Å². The van der Waals surface area contributed by atoms with Gasteiger partial charge >= 0.3 is 11.9 Å². The van der Waals surface area contributed by atoms with Gasteiger partial charge in [-0.3, -0.25) is 9.59 Å². The van der Waals surface area contributed by atoms with Gasteiger partial charge in [0.1, 0.15) is 0 Å². The number of aliphatic carboxylic acids is 1. The number of carbonyl (C=O) groups excluding carboxylic acids is 1. The third kappa shape index (κ3) is 4.18. The Labute approximate surface area is 95.2 Å². The SMILES string of the molecule is COC(=O)CCNC1CCCC(C(=O)O)C1. The van der Waals surface area contributed by atoms with Crippen molar-refractivity contribution in [1.29, 1.82) is 0 Å². The Morgan fingerprint density at radius 3 is 2.81 bits per heavy atom. The summed E-state index contributed by atoms with van der Waals surface area (Å²) in [5.74, 6) is -1.18. The van der Waals surface area contributed by atoms with Gasteiger partial charge in [0.2, 0.25) is 0 Å². The fourth-order valence-corrected chi connectivity index (χ4v) is 2.08. The number of nitrogens with one attached hydrogen (secondary N) is 1. The van der Waals surface area contributed by atoms with E-state index in [0.29, 0.717) is 19.4 Å². The molecular weight excluding hydrogens is 210 g/mol. The summed E-state index contributed by atoms with van der Waals surface area (Å²) in [6.45, 7) is 0.559. The molecule has 0 aliphatic heterocycles. The van der Waals surface area contributed by atoms with E-state index >= 15 is 0 Å². The van der Waals surface area contributed by atoms with Gasteiger partial charge in [-0.25, -0.2) is 0 Å². The summed E-state index contributed by atoms with van der Waals surface area (Å²) in [5.41, 5.74) is 0. The monoisotopic (exact) mass is 229 g/mol. The highest BCUT2D eigenvalue weighted by Crippen LogP contribution is 2.24. The van der Waals surface area contributed by atoms with E-state index in [2.05, 4.69) is 10.1 Å². The summed E-state index contributed by atoms with van der Waals surface area (Å²) in [7, 11) is 1.36. The molecule has 1 saturated carbocycles. The number of hydrogen-bond donors (Lipinski definition) is 2. The van der Waals surface area contributed by atoms with Gasteiger partial charge in [0.25, 0.3) is 0 Å². The van der Waals surface area contributed by atoms with Gasteiger partial charge in [-0.05, 0) is 19.3 Å². The highest BCUT2D eigenvalue weighted by molar-refractivity contribution is 5.70. The van der Waals surface area contributed by atoms with Gasteiger partial charge in [0.15, 0.2) is 0 Å². The van der Waals surface area contributed by atoms with E-state index in [1.165, 1.54) is 7.11 Å². The smallest absolute Gasteiger partial charge is 0.306 e. The lowest BCUT2D eigenvalue weighted by atomic mass is 9.86. The van der Waals surface area contributed by atoms with Crippen molar-refractivity contribution in [1.82, 2.24) is 5.32 Å². The predicted molar refractivity (Wildman–Crippen MR) is 58.0 cm³/mol. The summed E-state index contributed by atoms with van der Waals surface area (Å²) in [6, 6.07) is 0.222. The van der Waals surface area contributed by atoms with Gasteiger partial charge in [-0.1, -0.05) is 6.42 Å². The molecule has 2 atom stereocenters. The zero-order chi connectivity index (χ0) is 12.0. The number of methoxy groups -OCH3 is 1. The van der Waals surface area contributed by atoms with Crippen LogP contribution in [-0.4, -0.2) is 36.7 Å². The van der Waals surface area contributed by atoms with Crippen LogP contribution < -0.4 is 5.32 Å². The molecule has 0 heterocycles. The van der Waals surface area contributed by atoms with Gasteiger partial charge in [0.05, 0.1) is 19.4 Å². The van der Waals surface area contributed by atoms with Crippen molar-refractivity contribution < 1.29 is 19.4 Å². The molecule has 1 rings (SSSR count). The van der Waals surface area contributed by atoms with Crippen LogP contribution in [0.5, 0.6) is 0 Å². The van der Waals surface area contributed by atoms with Crippen LogP contribution in [0.15, 0.2) is 0 Å². The molecule has 0 spiro atoms. The highest BCUT2D eigenvalue weighted by atomic mass is 16.5. The summed E-state index contributed by atoms with van der Waals surface area (Å²) in [6.07, 6.45) is 3.70. The van der Waals surface area contributed by atoms with Crippen molar-refractivity contribution in [2.75, 3.05) is 13.7 Å². The Morgan fingerprint density at radius 1 is 1.44 bits per heavy atom. The number of hydrogen-bond acceptors (Lipinski definition) is 4. The highest BCUT2D eigenvalue weighted by Gasteiger charge is 2.26. The lowest BCUT2D eigenvalue weighted by Crippen LogP contribution is -2.37. The third-order valence-electron chi connectivity index (χ3n) is 3.01. The molecular formula is C11H19NO4. The first-order chi connectivity index (χ1) is 7.63. The van der Waals surface area contributed by atoms with Crippen LogP contribution in [0.4, 0.5) is 0 Å². The van der Waals surface area contributed by atoms with Crippen LogP contribution in [0.25, 0.3) is 0 Å². The van der Waals surface area contributed by atoms with Gasteiger partial charge in [-0.15, -0.1) is 0 Å². The number of carbonyl (C=O) groups is 2. The van der Waals surface area contributed by atoms with Crippen molar-refractivity contribution in [3.8, 4) is 0 Å². The summed E-state index contributed by atoms with van der Waals surface area (Å²) in [4.78, 5) is 21.7. The third-order valence-corrected chi connectivity index (χ3v) is 3.01. The quantitative estimate of drug-likeness (QED) is 0.681. The van der Waals surface area contributed by atoms with Crippen LogP contribution in [0.1, 0.15) is 32.1 Å². The Balaban J connectivity index is 2.21. The van der Waals surface area contributed by atoms with E-state index in [0.717, 1.165) is 19.3 Å². The molecule has 0 aromatic rings. The molecule has 5 heteroatoms. The van der Waals surface area contributed by atoms with Gasteiger partial charge in [-0.2, -0.15) is 0 Å². The number of carboxylic acids is 1. The minimum Gasteiger partial charge on any atom is -0.481 e. The maximum Gasteiger partial charge on any atom is 0.306 e. The molecule has 0 aromatic carbocycles. The molecule has 0 bridgehead atoms. The maximum absolute atomic E-state index is 10.9. The summed E-state index contributed by atoms with van der Waals surface area (Å²) >= 11 is 0. The van der Waals surface area contributed by atoms with E-state index in [9.17, 15) is 9.59 Å². The molecule has 16 heavy (non-hydrogen) atoms. The maximum atomic E-state index is 10.9. The van der Waals surface area contributed by atoms with E-state index in [1.807, 2.05) is 0 Å². The number of ether oxygens (including phenoxy) is 1. The van der Waals surface area contributed by atoms with Crippen molar-refractivity contribution in [3.05, 3.63) is 0 Å². The van der Waals surface area contributed by atoms with Crippen LogP contribution in [-0.2, 0) is 14.3 Å². The first kappa shape index (κ1) is 13.0. The average molecular weight is 229 g/mol. The first-order valence-electron chi connectivity index (χ1n) is 5.66. The van der Waals surface area contributed by atoms with Crippen LogP contribution >= 0.6 is 0 Å². The minimum absolute atomic E-state index is 0.222. The number of rotatable bonds is 5. The predicted octanol–water partition coefficient (Wildman–Crippen LogP) is 0.782. The normalized spacial score (nSPS) is 25.1. The molecule has 1 fully saturated rings. The lowest BCUT2D eigenvalue weighted by Gasteiger charge is -2.27. The zero-order valence-corrected chi connectivity index (χ0v) is 9.57. The van der Waals surface area contributed by atoms with Gasteiger partial charge in [0, 0.05) is 12.6 Å². The summed E-state index contributed by atoms with van der Waals surface area (Å²) < 4.78 is 4.53. The zero-order valence-electron chi connectivity index (χ0n) is 9.57. The standard InChI is InChI=1S/C11H19NO4/c1-16-10(13)5-6-12-9-4-2-3-8(7-9)11(14)15/h8-9,12H,2-7H2,1H3,(H,14,15). The fourth-order valence-electron chi connectivity index (χ4n) is 2.08. The Hall–Kier alpha value is -1.10. The lowest BCUT2D eigenvalue weighted by molar-refractivity contribution is -0.143. The Kier molecular flexibility index (Phi) is 5.25. The molecule has 0 saturated heterocycles. The second-order valence-electron chi connectivity index (χ2n) is 4.18. The van der Waals surface area contributed by atoms with E-state index in [4.69, 9.17) is 5.11 Å². The van der Waals surface area contributed by atoms with Gasteiger partial charge < -0.3 is 15.2 Å². The van der Waals surface area contributed by atoms with E-state index in [-0.39, 0.29) is 17.9 Å². The first-order valence-corrected chi connectivity index (χ1v) is 5.66. The average Bonchev–Trinajstić information content (AvgIpc) is 2.29. The van der Waals surface area contributed by atoms with E-state index < -0.39 is 5.97 Å². The molecule has 92 valence electrons. The van der Waals surface area contributed by atoms with Crippen LogP contribution in [0.3, 0.4) is 0 Å². The van der Waals surface area contributed by atoms with Crippen molar-refractivity contribution in [3.63, 3.8) is 0 Å². The molecule has 0 aromatic heterocycles. The number of esters is 1. The molecule has 0 amide bonds. The number of carboxylic acid groups (broad SMARTS) is 1. The van der Waals surface area contributed by atoms with Crippen LogP contribution in [0, 0.1) is 5.92 Å². The molecule has 2 N–H and O–H groups in total. The topological polar surface area (TPSA) is 75.6 Å². The van der Waals surface area contributed by atoms with Crippen molar-refractivity contribution in [2.45, 2.75) is 38.1 Å². The molecule has 1 aliphatic carbocycles. The molecule has 5 nitrogen and oxygen atoms in total. The minimum atomic E-state index is -0.709.